The first-order valence-electron chi connectivity index (χ1n) is 9.93. The number of carbonyl (C=O) groups is 4. The van der Waals surface area contributed by atoms with Crippen molar-refractivity contribution >= 4 is 46.8 Å². The van der Waals surface area contributed by atoms with Crippen LogP contribution in [0.3, 0.4) is 0 Å². The molecule has 166 valence electrons. The zero-order chi connectivity index (χ0) is 23.3. The van der Waals surface area contributed by atoms with Gasteiger partial charge < -0.3 is 15.0 Å². The number of nitrogens with zero attached hydrogens (tertiary/aromatic N) is 2. The molecule has 1 heterocycles. The lowest BCUT2D eigenvalue weighted by molar-refractivity contribution is -0.124. The van der Waals surface area contributed by atoms with E-state index in [1.54, 1.807) is 43.3 Å². The lowest BCUT2D eigenvalue weighted by atomic mass is 10.1. The lowest BCUT2D eigenvalue weighted by Gasteiger charge is -2.19. The Morgan fingerprint density at radius 3 is 2.38 bits per heavy atom. The highest BCUT2D eigenvalue weighted by Gasteiger charge is 2.46. The minimum Gasteiger partial charge on any atom is -0.462 e. The fourth-order valence-electron chi connectivity index (χ4n) is 3.30. The van der Waals surface area contributed by atoms with Crippen LogP contribution in [0.5, 0.6) is 0 Å². The van der Waals surface area contributed by atoms with Gasteiger partial charge >= 0.3 is 12.0 Å². The third-order valence-corrected chi connectivity index (χ3v) is 5.04. The minimum atomic E-state index is -0.977. The fraction of sp³-hybridized carbons (Fsp3) is 0.217. The average molecular weight is 456 g/mol. The number of hydrogen-bond acceptors (Lipinski definition) is 5. The fourth-order valence-corrected chi connectivity index (χ4v) is 3.43. The van der Waals surface area contributed by atoms with Crippen molar-refractivity contribution in [3.05, 3.63) is 71.8 Å². The molecule has 0 bridgehead atoms. The normalized spacial score (nSPS) is 15.6. The molecule has 32 heavy (non-hydrogen) atoms. The summed E-state index contributed by atoms with van der Waals surface area (Å²) in [7, 11) is 0. The van der Waals surface area contributed by atoms with E-state index >= 15 is 0 Å². The number of urea groups is 1. The van der Waals surface area contributed by atoms with E-state index in [0.717, 1.165) is 4.90 Å². The van der Waals surface area contributed by atoms with Crippen LogP contribution < -0.4 is 10.2 Å². The van der Waals surface area contributed by atoms with Crippen LogP contribution in [-0.4, -0.2) is 47.9 Å². The maximum atomic E-state index is 13.0. The predicted molar refractivity (Wildman–Crippen MR) is 121 cm³/mol. The van der Waals surface area contributed by atoms with E-state index in [1.165, 1.54) is 23.1 Å². The van der Waals surface area contributed by atoms with Crippen LogP contribution in [0.2, 0.25) is 5.02 Å². The highest BCUT2D eigenvalue weighted by Crippen LogP contribution is 2.28. The first-order chi connectivity index (χ1) is 15.3. The van der Waals surface area contributed by atoms with E-state index in [1.807, 2.05) is 0 Å². The Balaban J connectivity index is 1.72. The maximum Gasteiger partial charge on any atom is 0.338 e. The molecule has 0 radical (unpaired) electrons. The highest BCUT2D eigenvalue weighted by molar-refractivity contribution is 6.30. The van der Waals surface area contributed by atoms with Crippen LogP contribution in [0.25, 0.3) is 0 Å². The quantitative estimate of drug-likeness (QED) is 0.370. The molecule has 1 aliphatic rings. The van der Waals surface area contributed by atoms with Gasteiger partial charge in [-0.2, -0.15) is 0 Å². The predicted octanol–water partition coefficient (Wildman–Crippen LogP) is 3.87. The molecule has 1 atom stereocenters. The van der Waals surface area contributed by atoms with Crippen molar-refractivity contribution in [1.82, 2.24) is 4.90 Å². The van der Waals surface area contributed by atoms with Gasteiger partial charge in [-0.25, -0.2) is 14.5 Å². The summed E-state index contributed by atoms with van der Waals surface area (Å²) in [5, 5.41) is 3.16. The molecule has 4 amide bonds. The number of rotatable bonds is 8. The molecule has 0 spiro atoms. The maximum absolute atomic E-state index is 13.0. The van der Waals surface area contributed by atoms with Crippen LogP contribution in [-0.2, 0) is 14.3 Å². The van der Waals surface area contributed by atoms with Crippen LogP contribution >= 0.6 is 11.6 Å². The van der Waals surface area contributed by atoms with Crippen molar-refractivity contribution in [1.29, 1.82) is 0 Å². The number of hydrogen-bond donors (Lipinski definition) is 1. The van der Waals surface area contributed by atoms with Gasteiger partial charge in [0.2, 0.25) is 5.91 Å². The third kappa shape index (κ3) is 4.97. The van der Waals surface area contributed by atoms with E-state index in [0.29, 0.717) is 22.0 Å². The van der Waals surface area contributed by atoms with Crippen molar-refractivity contribution < 1.29 is 23.9 Å². The molecule has 9 heteroatoms. The Labute approximate surface area is 190 Å². The van der Waals surface area contributed by atoms with Crippen molar-refractivity contribution in [2.24, 2.45) is 0 Å². The number of imide groups is 1. The Morgan fingerprint density at radius 2 is 1.78 bits per heavy atom. The molecule has 3 rings (SSSR count). The summed E-state index contributed by atoms with van der Waals surface area (Å²) < 4.78 is 4.93. The number of carbonyl (C=O) groups excluding carboxylic acids is 4. The summed E-state index contributed by atoms with van der Waals surface area (Å²) in [6.07, 6.45) is 1.26. The second-order valence-corrected chi connectivity index (χ2v) is 7.38. The van der Waals surface area contributed by atoms with Gasteiger partial charge in [0.25, 0.3) is 5.91 Å². The van der Waals surface area contributed by atoms with E-state index in [9.17, 15) is 19.2 Å². The summed E-state index contributed by atoms with van der Waals surface area (Å²) >= 11 is 5.90. The van der Waals surface area contributed by atoms with Crippen molar-refractivity contribution in [2.45, 2.75) is 19.4 Å². The molecule has 0 aliphatic carbocycles. The summed E-state index contributed by atoms with van der Waals surface area (Å²) in [5.74, 6) is -1.41. The minimum absolute atomic E-state index is 0.112. The van der Waals surface area contributed by atoms with Crippen LogP contribution in [0.1, 0.15) is 23.7 Å². The monoisotopic (exact) mass is 455 g/mol. The number of ether oxygens (including phenoxy) is 1. The molecule has 8 nitrogen and oxygen atoms in total. The zero-order valence-corrected chi connectivity index (χ0v) is 18.2. The summed E-state index contributed by atoms with van der Waals surface area (Å²) in [4.78, 5) is 52.6. The smallest absolute Gasteiger partial charge is 0.338 e. The Morgan fingerprint density at radius 1 is 1.12 bits per heavy atom. The highest BCUT2D eigenvalue weighted by atomic mass is 35.5. The topological polar surface area (TPSA) is 96.0 Å². The summed E-state index contributed by atoms with van der Waals surface area (Å²) in [6, 6.07) is 11.0. The van der Waals surface area contributed by atoms with Gasteiger partial charge in [0.05, 0.1) is 24.3 Å². The SMILES string of the molecule is C=CCN1C(=O)N(c2ccc(Cl)cc2)C(=O)[C@@H]1CC(=O)Nc1ccc(C(=O)OCC)cc1. The van der Waals surface area contributed by atoms with Crippen molar-refractivity contribution in [3.63, 3.8) is 0 Å². The molecular weight excluding hydrogens is 434 g/mol. The molecule has 0 unspecified atom stereocenters. The summed E-state index contributed by atoms with van der Waals surface area (Å²) in [5.41, 5.74) is 1.18. The first-order valence-corrected chi connectivity index (χ1v) is 10.3. The van der Waals surface area contributed by atoms with Crippen LogP contribution in [0.4, 0.5) is 16.2 Å². The number of esters is 1. The zero-order valence-electron chi connectivity index (χ0n) is 17.4. The number of amides is 4. The van der Waals surface area contributed by atoms with E-state index in [-0.39, 0.29) is 19.6 Å². The largest absolute Gasteiger partial charge is 0.462 e. The summed E-state index contributed by atoms with van der Waals surface area (Å²) in [6.45, 7) is 5.72. The Bertz CT molecular complexity index is 1040. The van der Waals surface area contributed by atoms with E-state index in [4.69, 9.17) is 16.3 Å². The number of anilines is 2. The molecule has 1 fully saturated rings. The van der Waals surface area contributed by atoms with Gasteiger partial charge in [-0.1, -0.05) is 17.7 Å². The molecule has 1 saturated heterocycles. The Kier molecular flexibility index (Phi) is 7.27. The van der Waals surface area contributed by atoms with Gasteiger partial charge in [0.1, 0.15) is 6.04 Å². The standard InChI is InChI=1S/C23H22ClN3O5/c1-3-13-26-19(21(29)27(23(26)31)18-11-7-16(24)8-12-18)14-20(28)25-17-9-5-15(6-10-17)22(30)32-4-2/h3,5-12,19H,1,4,13-14H2,2H3,(H,25,28)/t19-/m0/s1. The second kappa shape index (κ2) is 10.1. The Hall–Kier alpha value is -3.65. The van der Waals surface area contributed by atoms with E-state index < -0.39 is 29.9 Å². The average Bonchev–Trinajstić information content (AvgIpc) is 2.99. The molecule has 1 aliphatic heterocycles. The van der Waals surface area contributed by atoms with Gasteiger partial charge in [0.15, 0.2) is 0 Å². The van der Waals surface area contributed by atoms with Gasteiger partial charge in [0, 0.05) is 17.3 Å². The molecule has 2 aromatic rings. The molecular formula is C23H22ClN3O5. The van der Waals surface area contributed by atoms with Crippen LogP contribution in [0.15, 0.2) is 61.2 Å². The van der Waals surface area contributed by atoms with Crippen molar-refractivity contribution in [2.75, 3.05) is 23.4 Å². The van der Waals surface area contributed by atoms with Gasteiger partial charge in [-0.05, 0) is 55.5 Å². The number of halogens is 1. The first kappa shape index (κ1) is 23.0. The molecule has 1 N–H and O–H groups in total. The molecule has 0 saturated carbocycles. The number of benzene rings is 2. The van der Waals surface area contributed by atoms with Crippen molar-refractivity contribution in [3.8, 4) is 0 Å². The molecule has 0 aromatic heterocycles. The van der Waals surface area contributed by atoms with Gasteiger partial charge in [-0.3, -0.25) is 9.59 Å². The second-order valence-electron chi connectivity index (χ2n) is 6.94. The van der Waals surface area contributed by atoms with Crippen LogP contribution in [0, 0.1) is 0 Å². The number of nitrogens with one attached hydrogen (secondary N) is 1. The van der Waals surface area contributed by atoms with Gasteiger partial charge in [-0.15, -0.1) is 6.58 Å². The molecule has 2 aromatic carbocycles. The lowest BCUT2D eigenvalue weighted by Crippen LogP contribution is -2.38. The van der Waals surface area contributed by atoms with E-state index in [2.05, 4.69) is 11.9 Å². The third-order valence-electron chi connectivity index (χ3n) is 4.79.